The van der Waals surface area contributed by atoms with Gasteiger partial charge in [0.1, 0.15) is 17.6 Å². The van der Waals surface area contributed by atoms with Gasteiger partial charge in [-0.05, 0) is 5.92 Å². The number of nitrogens with zero attached hydrogens (tertiary/aromatic N) is 2. The molecule has 1 heterocycles. The molecule has 0 aliphatic rings. The first kappa shape index (κ1) is 18.4. The molecule has 7 nitrogen and oxygen atoms in total. The highest BCUT2D eigenvalue weighted by molar-refractivity contribution is 6.41. The molecular formula is C13H17Cl2N3O4. The maximum Gasteiger partial charge on any atom is 0.328 e. The van der Waals surface area contributed by atoms with E-state index in [9.17, 15) is 14.4 Å². The summed E-state index contributed by atoms with van der Waals surface area (Å²) in [4.78, 5) is 35.5. The molecule has 22 heavy (non-hydrogen) atoms. The lowest BCUT2D eigenvalue weighted by Gasteiger charge is -2.21. The molecule has 0 bridgehead atoms. The molecule has 9 heteroatoms. The fourth-order valence-corrected chi connectivity index (χ4v) is 1.98. The van der Waals surface area contributed by atoms with Crippen LogP contribution in [0.2, 0.25) is 10.0 Å². The van der Waals surface area contributed by atoms with E-state index in [1.165, 1.54) is 13.3 Å². The molecule has 0 saturated heterocycles. The number of esters is 1. The number of carbonyl (C=O) groups is 2. The van der Waals surface area contributed by atoms with E-state index in [-0.39, 0.29) is 22.5 Å². The summed E-state index contributed by atoms with van der Waals surface area (Å²) in [5, 5.41) is 6.06. The van der Waals surface area contributed by atoms with Crippen molar-refractivity contribution in [2.45, 2.75) is 32.9 Å². The normalized spacial score (nSPS) is 13.3. The lowest BCUT2D eigenvalue weighted by molar-refractivity contribution is -0.146. The van der Waals surface area contributed by atoms with Gasteiger partial charge >= 0.3 is 5.97 Å². The number of hydrogen-bond acceptors (Lipinski definition) is 5. The lowest BCUT2D eigenvalue weighted by Crippen LogP contribution is -2.47. The summed E-state index contributed by atoms with van der Waals surface area (Å²) in [6, 6.07) is -0.791. The van der Waals surface area contributed by atoms with Crippen molar-refractivity contribution in [3.63, 3.8) is 0 Å². The van der Waals surface area contributed by atoms with E-state index in [0.29, 0.717) is 6.42 Å². The van der Waals surface area contributed by atoms with Gasteiger partial charge in [-0.25, -0.2) is 9.48 Å². The molecule has 2 atom stereocenters. The molecule has 1 rings (SSSR count). The van der Waals surface area contributed by atoms with Gasteiger partial charge in [0.05, 0.1) is 18.3 Å². The van der Waals surface area contributed by atoms with Gasteiger partial charge in [0.2, 0.25) is 5.91 Å². The van der Waals surface area contributed by atoms with E-state index in [0.717, 1.165) is 4.68 Å². The molecule has 122 valence electrons. The average Bonchev–Trinajstić information content (AvgIpc) is 2.51. The second-order valence-electron chi connectivity index (χ2n) is 4.72. The number of rotatable bonds is 6. The van der Waals surface area contributed by atoms with Crippen LogP contribution in [-0.2, 0) is 20.9 Å². The number of ether oxygens (including phenoxy) is 1. The summed E-state index contributed by atoms with van der Waals surface area (Å²) in [6.07, 6.45) is 1.84. The van der Waals surface area contributed by atoms with Gasteiger partial charge < -0.3 is 10.1 Å². The summed E-state index contributed by atoms with van der Waals surface area (Å²) in [7, 11) is 1.24. The van der Waals surface area contributed by atoms with Crippen LogP contribution >= 0.6 is 23.2 Å². The van der Waals surface area contributed by atoms with Crippen molar-refractivity contribution in [3.8, 4) is 0 Å². The number of amides is 1. The second kappa shape index (κ2) is 8.14. The highest BCUT2D eigenvalue weighted by atomic mass is 35.5. The van der Waals surface area contributed by atoms with Crippen LogP contribution in [0.25, 0.3) is 0 Å². The Bertz CT molecular complexity index is 618. The van der Waals surface area contributed by atoms with Crippen LogP contribution in [0.3, 0.4) is 0 Å². The first-order chi connectivity index (χ1) is 10.3. The lowest BCUT2D eigenvalue weighted by atomic mass is 9.99. The first-order valence-corrected chi connectivity index (χ1v) is 7.35. The maximum absolute atomic E-state index is 12.0. The van der Waals surface area contributed by atoms with E-state index in [1.807, 2.05) is 13.8 Å². The summed E-state index contributed by atoms with van der Waals surface area (Å²) >= 11 is 11.4. The number of nitrogens with one attached hydrogen (secondary N) is 1. The highest BCUT2D eigenvalue weighted by Gasteiger charge is 2.26. The number of halogens is 2. The molecule has 0 aromatic carbocycles. The highest BCUT2D eigenvalue weighted by Crippen LogP contribution is 2.14. The number of hydrogen-bond donors (Lipinski definition) is 1. The van der Waals surface area contributed by atoms with Crippen molar-refractivity contribution in [2.24, 2.45) is 5.92 Å². The molecule has 1 N–H and O–H groups in total. The molecule has 1 aromatic rings. The minimum absolute atomic E-state index is 0.00960. The molecular weight excluding hydrogens is 333 g/mol. The third kappa shape index (κ3) is 4.45. The van der Waals surface area contributed by atoms with Gasteiger partial charge in [-0.1, -0.05) is 43.5 Å². The molecule has 0 aliphatic carbocycles. The smallest absolute Gasteiger partial charge is 0.328 e. The van der Waals surface area contributed by atoms with Crippen LogP contribution in [0.15, 0.2) is 11.0 Å². The standard InChI is InChI=1S/C13H17Cl2N3O4/c1-4-7(2)11(13(21)22-3)17-9(19)6-18-12(20)10(15)8(14)5-16-18/h5,7,11H,4,6H2,1-3H3,(H,17,19)/t7-,11-/m1/s1. The van der Waals surface area contributed by atoms with Crippen LogP contribution in [0.5, 0.6) is 0 Å². The van der Waals surface area contributed by atoms with E-state index in [2.05, 4.69) is 15.2 Å². The predicted molar refractivity (Wildman–Crippen MR) is 81.9 cm³/mol. The van der Waals surface area contributed by atoms with E-state index in [1.54, 1.807) is 0 Å². The Balaban J connectivity index is 2.86. The van der Waals surface area contributed by atoms with Crippen molar-refractivity contribution in [2.75, 3.05) is 7.11 Å². The predicted octanol–water partition coefficient (Wildman–Crippen LogP) is 1.25. The fourth-order valence-electron chi connectivity index (χ4n) is 1.71. The Morgan fingerprint density at radius 3 is 2.64 bits per heavy atom. The zero-order valence-electron chi connectivity index (χ0n) is 12.4. The van der Waals surface area contributed by atoms with Gasteiger partial charge in [-0.3, -0.25) is 9.59 Å². The van der Waals surface area contributed by atoms with E-state index in [4.69, 9.17) is 23.2 Å². The van der Waals surface area contributed by atoms with Gasteiger partial charge in [0, 0.05) is 0 Å². The van der Waals surface area contributed by atoms with Crippen LogP contribution < -0.4 is 10.9 Å². The van der Waals surface area contributed by atoms with Crippen molar-refractivity contribution in [1.29, 1.82) is 0 Å². The molecule has 1 aromatic heterocycles. The molecule has 1 amide bonds. The number of carbonyl (C=O) groups excluding carboxylic acids is 2. The SMILES string of the molecule is CC[C@@H](C)[C@@H](NC(=O)Cn1ncc(Cl)c(Cl)c1=O)C(=O)OC. The quantitative estimate of drug-likeness (QED) is 0.780. The van der Waals surface area contributed by atoms with Crippen LogP contribution in [0, 0.1) is 5.92 Å². The Hall–Kier alpha value is -1.60. The van der Waals surface area contributed by atoms with Crippen molar-refractivity contribution in [3.05, 3.63) is 26.6 Å². The number of methoxy groups -OCH3 is 1. The van der Waals surface area contributed by atoms with Crippen LogP contribution in [0.1, 0.15) is 20.3 Å². The van der Waals surface area contributed by atoms with Crippen molar-refractivity contribution >= 4 is 35.1 Å². The van der Waals surface area contributed by atoms with E-state index >= 15 is 0 Å². The average molecular weight is 350 g/mol. The third-order valence-electron chi connectivity index (χ3n) is 3.22. The van der Waals surface area contributed by atoms with Gasteiger partial charge in [0.15, 0.2) is 0 Å². The van der Waals surface area contributed by atoms with Gasteiger partial charge in [-0.2, -0.15) is 5.10 Å². The second-order valence-corrected chi connectivity index (χ2v) is 5.51. The van der Waals surface area contributed by atoms with Crippen molar-refractivity contribution < 1.29 is 14.3 Å². The molecule has 0 spiro atoms. The Labute approximate surface area is 137 Å². The van der Waals surface area contributed by atoms with Gasteiger partial charge in [-0.15, -0.1) is 0 Å². The summed E-state index contributed by atoms with van der Waals surface area (Å²) < 4.78 is 5.54. The summed E-state index contributed by atoms with van der Waals surface area (Å²) in [5.74, 6) is -1.21. The molecule has 0 saturated carbocycles. The largest absolute Gasteiger partial charge is 0.467 e. The minimum atomic E-state index is -0.791. The maximum atomic E-state index is 12.0. The number of aromatic nitrogens is 2. The van der Waals surface area contributed by atoms with Crippen LogP contribution in [0.4, 0.5) is 0 Å². The summed E-state index contributed by atoms with van der Waals surface area (Å²) in [6.45, 7) is 3.32. The molecule has 0 aliphatic heterocycles. The zero-order valence-corrected chi connectivity index (χ0v) is 13.9. The summed E-state index contributed by atoms with van der Waals surface area (Å²) in [5.41, 5.74) is -0.678. The van der Waals surface area contributed by atoms with Crippen LogP contribution in [-0.4, -0.2) is 34.8 Å². The topological polar surface area (TPSA) is 90.3 Å². The Morgan fingerprint density at radius 1 is 1.45 bits per heavy atom. The molecule has 0 fully saturated rings. The van der Waals surface area contributed by atoms with Crippen molar-refractivity contribution in [1.82, 2.24) is 15.1 Å². The zero-order chi connectivity index (χ0) is 16.9. The molecule has 0 radical (unpaired) electrons. The third-order valence-corrected chi connectivity index (χ3v) is 3.97. The van der Waals surface area contributed by atoms with E-state index < -0.39 is 23.5 Å². The monoisotopic (exact) mass is 349 g/mol. The Morgan fingerprint density at radius 2 is 2.09 bits per heavy atom. The molecule has 0 unspecified atom stereocenters. The Kier molecular flexibility index (Phi) is 6.83. The first-order valence-electron chi connectivity index (χ1n) is 6.60. The minimum Gasteiger partial charge on any atom is -0.467 e. The fraction of sp³-hybridized carbons (Fsp3) is 0.538. The van der Waals surface area contributed by atoms with Gasteiger partial charge in [0.25, 0.3) is 5.56 Å².